The molecule has 1 saturated carbocycles. The van der Waals surface area contributed by atoms with Crippen LogP contribution in [0.25, 0.3) is 0 Å². The highest BCUT2D eigenvalue weighted by Gasteiger charge is 2.44. The first kappa shape index (κ1) is 24.7. The normalized spacial score (nSPS) is 25.7. The molecule has 3 aliphatic rings. The average molecular weight is 526 g/mol. The molecular weight excluding hydrogens is 493 g/mol. The van der Waals surface area contributed by atoms with Crippen LogP contribution in [0.15, 0.2) is 53.1 Å². The molecule has 2 atom stereocenters. The van der Waals surface area contributed by atoms with Gasteiger partial charge in [-0.1, -0.05) is 47.6 Å². The third kappa shape index (κ3) is 4.51. The summed E-state index contributed by atoms with van der Waals surface area (Å²) in [7, 11) is -3.65. The van der Waals surface area contributed by atoms with Gasteiger partial charge < -0.3 is 9.26 Å². The van der Waals surface area contributed by atoms with Crippen LogP contribution < -0.4 is 0 Å². The lowest BCUT2D eigenvalue weighted by Crippen LogP contribution is -2.44. The molecule has 2 aliphatic heterocycles. The molecule has 3 fully saturated rings. The van der Waals surface area contributed by atoms with Crippen LogP contribution in [0.5, 0.6) is 0 Å². The molecule has 1 aliphatic carbocycles. The van der Waals surface area contributed by atoms with Gasteiger partial charge in [-0.15, -0.1) is 0 Å². The summed E-state index contributed by atoms with van der Waals surface area (Å²) in [5.41, 5.74) is 1.29. The van der Waals surface area contributed by atoms with E-state index in [1.165, 1.54) is 10.4 Å². The van der Waals surface area contributed by atoms with E-state index in [0.717, 1.165) is 36.2 Å². The highest BCUT2D eigenvalue weighted by molar-refractivity contribution is 7.89. The molecule has 9 heteroatoms. The van der Waals surface area contributed by atoms with Crippen molar-refractivity contribution in [1.82, 2.24) is 14.4 Å². The zero-order valence-corrected chi connectivity index (χ0v) is 21.8. The van der Waals surface area contributed by atoms with Crippen molar-refractivity contribution in [2.75, 3.05) is 13.2 Å². The maximum atomic E-state index is 15.7. The van der Waals surface area contributed by atoms with E-state index in [1.807, 2.05) is 43.3 Å². The van der Waals surface area contributed by atoms with E-state index in [-0.39, 0.29) is 12.6 Å². The second-order valence-electron chi connectivity index (χ2n) is 10.6. The van der Waals surface area contributed by atoms with E-state index in [2.05, 4.69) is 5.16 Å². The Bertz CT molecular complexity index is 1370. The van der Waals surface area contributed by atoms with Crippen molar-refractivity contribution >= 4 is 10.0 Å². The van der Waals surface area contributed by atoms with Crippen molar-refractivity contribution in [2.45, 2.75) is 74.6 Å². The van der Waals surface area contributed by atoms with E-state index in [1.54, 1.807) is 6.07 Å². The molecule has 37 heavy (non-hydrogen) atoms. The summed E-state index contributed by atoms with van der Waals surface area (Å²) in [4.78, 5) is 4.71. The first-order valence-electron chi connectivity index (χ1n) is 13.1. The highest BCUT2D eigenvalue weighted by atomic mass is 32.2. The van der Waals surface area contributed by atoms with Crippen LogP contribution in [0.4, 0.5) is 4.39 Å². The molecule has 0 N–H and O–H groups in total. The second kappa shape index (κ2) is 9.60. The summed E-state index contributed by atoms with van der Waals surface area (Å²) < 4.78 is 55.7. The summed E-state index contributed by atoms with van der Waals surface area (Å²) >= 11 is 0. The van der Waals surface area contributed by atoms with Gasteiger partial charge in [0.2, 0.25) is 15.9 Å². The number of hydrogen-bond donors (Lipinski definition) is 0. The molecule has 1 aromatic heterocycles. The van der Waals surface area contributed by atoms with Crippen molar-refractivity contribution < 1.29 is 22.1 Å². The van der Waals surface area contributed by atoms with E-state index < -0.39 is 26.5 Å². The summed E-state index contributed by atoms with van der Waals surface area (Å²) in [5.74, 6) is 1.19. The molecule has 0 radical (unpaired) electrons. The van der Waals surface area contributed by atoms with Gasteiger partial charge in [0.15, 0.2) is 5.82 Å². The van der Waals surface area contributed by atoms with Crippen LogP contribution in [-0.2, 0) is 26.7 Å². The third-order valence-electron chi connectivity index (χ3n) is 8.27. The minimum Gasteiger partial charge on any atom is -0.381 e. The number of nitrogens with zero attached hydrogens (tertiary/aromatic N) is 3. The first-order valence-corrected chi connectivity index (χ1v) is 14.7. The van der Waals surface area contributed by atoms with Gasteiger partial charge in [0.25, 0.3) is 0 Å². The number of ether oxygens (including phenoxy) is 1. The number of hydrogen-bond acceptors (Lipinski definition) is 6. The van der Waals surface area contributed by atoms with E-state index in [0.29, 0.717) is 49.8 Å². The number of halogens is 1. The van der Waals surface area contributed by atoms with Gasteiger partial charge in [-0.2, -0.15) is 9.29 Å². The molecule has 0 unspecified atom stereocenters. The number of benzene rings is 2. The summed E-state index contributed by atoms with van der Waals surface area (Å²) in [6.45, 7) is 2.94. The van der Waals surface area contributed by atoms with Gasteiger partial charge in [0.05, 0.1) is 5.41 Å². The Morgan fingerprint density at radius 2 is 1.81 bits per heavy atom. The fraction of sp³-hybridized carbons (Fsp3) is 0.500. The van der Waals surface area contributed by atoms with Crippen LogP contribution in [0.1, 0.15) is 85.0 Å². The molecular formula is C28H32FN3O4S. The number of sulfonamides is 1. The van der Waals surface area contributed by atoms with Crippen LogP contribution in [-0.4, -0.2) is 42.1 Å². The summed E-state index contributed by atoms with van der Waals surface area (Å²) in [6.07, 6.45) is 4.66. The summed E-state index contributed by atoms with van der Waals surface area (Å²) in [6, 6.07) is 14.2. The van der Waals surface area contributed by atoms with Crippen LogP contribution in [0, 0.1) is 5.82 Å². The SMILES string of the molecule is C[C@H]1CC[C@H](c2ccccc2)S(=O)(=O)N1Cc1ccc(C2(c3nc(C4CC4)no3)CCOCC2)cc1F. The third-order valence-corrected chi connectivity index (χ3v) is 10.6. The van der Waals surface area contributed by atoms with Gasteiger partial charge in [0.1, 0.15) is 11.1 Å². The molecule has 7 nitrogen and oxygen atoms in total. The maximum absolute atomic E-state index is 15.7. The smallest absolute Gasteiger partial charge is 0.237 e. The average Bonchev–Trinajstić information content (AvgIpc) is 3.64. The van der Waals surface area contributed by atoms with Gasteiger partial charge in [-0.05, 0) is 62.6 Å². The van der Waals surface area contributed by atoms with E-state index in [4.69, 9.17) is 14.2 Å². The molecule has 0 bridgehead atoms. The molecule has 2 saturated heterocycles. The highest BCUT2D eigenvalue weighted by Crippen LogP contribution is 2.44. The van der Waals surface area contributed by atoms with Crippen molar-refractivity contribution in [1.29, 1.82) is 0 Å². The Kier molecular flexibility index (Phi) is 6.41. The van der Waals surface area contributed by atoms with Gasteiger partial charge in [-0.25, -0.2) is 12.8 Å². The lowest BCUT2D eigenvalue weighted by Gasteiger charge is -2.38. The lowest BCUT2D eigenvalue weighted by molar-refractivity contribution is 0.0522. The van der Waals surface area contributed by atoms with Crippen molar-refractivity contribution in [3.8, 4) is 0 Å². The standard InChI is InChI=1S/C28H32FN3O4S/c1-19-7-12-25(20-5-3-2-4-6-20)37(33,34)32(19)18-22-10-11-23(17-24(22)29)28(13-15-35-16-14-28)27-30-26(31-36-27)21-8-9-21/h2-6,10-11,17,19,21,25H,7-9,12-16,18H2,1H3/t19-,25+/m0/s1. The molecule has 3 aromatic rings. The fourth-order valence-electron chi connectivity index (χ4n) is 5.78. The topological polar surface area (TPSA) is 85.5 Å². The van der Waals surface area contributed by atoms with Crippen molar-refractivity contribution in [3.05, 3.63) is 82.8 Å². The largest absolute Gasteiger partial charge is 0.381 e. The van der Waals surface area contributed by atoms with Gasteiger partial charge in [-0.3, -0.25) is 0 Å². The number of rotatable bonds is 6. The quantitative estimate of drug-likeness (QED) is 0.438. The molecule has 2 aromatic carbocycles. The van der Waals surface area contributed by atoms with Crippen LogP contribution >= 0.6 is 0 Å². The minimum absolute atomic E-state index is 0.00143. The minimum atomic E-state index is -3.65. The van der Waals surface area contributed by atoms with E-state index in [9.17, 15) is 8.42 Å². The zero-order chi connectivity index (χ0) is 25.6. The Hall–Kier alpha value is -2.62. The Morgan fingerprint density at radius 1 is 1.05 bits per heavy atom. The van der Waals surface area contributed by atoms with Crippen molar-refractivity contribution in [2.24, 2.45) is 0 Å². The lowest BCUT2D eigenvalue weighted by atomic mass is 9.73. The van der Waals surface area contributed by atoms with Crippen molar-refractivity contribution in [3.63, 3.8) is 0 Å². The Morgan fingerprint density at radius 3 is 2.51 bits per heavy atom. The van der Waals surface area contributed by atoms with Gasteiger partial charge in [0, 0.05) is 37.3 Å². The zero-order valence-electron chi connectivity index (χ0n) is 21.0. The first-order chi connectivity index (χ1) is 17.9. The molecule has 3 heterocycles. The molecule has 6 rings (SSSR count). The predicted molar refractivity (Wildman–Crippen MR) is 136 cm³/mol. The van der Waals surface area contributed by atoms with E-state index >= 15 is 4.39 Å². The molecule has 0 amide bonds. The second-order valence-corrected chi connectivity index (χ2v) is 12.7. The Labute approximate surface area is 217 Å². The Balaban J connectivity index is 1.30. The van der Waals surface area contributed by atoms with Crippen LogP contribution in [0.2, 0.25) is 0 Å². The van der Waals surface area contributed by atoms with Crippen LogP contribution in [0.3, 0.4) is 0 Å². The van der Waals surface area contributed by atoms with Gasteiger partial charge >= 0.3 is 0 Å². The predicted octanol–water partition coefficient (Wildman–Crippen LogP) is 5.24. The fourth-order valence-corrected chi connectivity index (χ4v) is 7.96. The maximum Gasteiger partial charge on any atom is 0.237 e. The monoisotopic (exact) mass is 525 g/mol. The number of aromatic nitrogens is 2. The molecule has 0 spiro atoms. The molecule has 196 valence electrons. The summed E-state index contributed by atoms with van der Waals surface area (Å²) in [5, 5.41) is 3.59.